The summed E-state index contributed by atoms with van der Waals surface area (Å²) in [6, 6.07) is 0. The van der Waals surface area contributed by atoms with Gasteiger partial charge in [0.15, 0.2) is 4.34 Å². The molecule has 0 aliphatic rings. The van der Waals surface area contributed by atoms with Gasteiger partial charge in [-0.2, -0.15) is 0 Å². The first kappa shape index (κ1) is 12.4. The molecule has 15 heavy (non-hydrogen) atoms. The van der Waals surface area contributed by atoms with Crippen LogP contribution in [0.25, 0.3) is 0 Å². The van der Waals surface area contributed by atoms with Crippen molar-refractivity contribution in [1.82, 2.24) is 15.5 Å². The highest BCUT2D eigenvalue weighted by Crippen LogP contribution is 2.25. The summed E-state index contributed by atoms with van der Waals surface area (Å²) in [5, 5.41) is 11.6. The molecular formula is C9H15N3OS2. The van der Waals surface area contributed by atoms with E-state index in [2.05, 4.69) is 15.5 Å². The second-order valence-corrected chi connectivity index (χ2v) is 5.91. The molecule has 84 valence electrons. The first-order valence-electron chi connectivity index (χ1n) is 4.88. The van der Waals surface area contributed by atoms with Gasteiger partial charge >= 0.3 is 0 Å². The van der Waals surface area contributed by atoms with Crippen LogP contribution in [0.1, 0.15) is 25.3 Å². The number of thioether (sulfide) groups is 1. The first-order chi connectivity index (χ1) is 7.13. The molecule has 0 bridgehead atoms. The number of nitrogens with zero attached hydrogens (tertiary/aromatic N) is 2. The Bertz CT molecular complexity index is 327. The van der Waals surface area contributed by atoms with Crippen molar-refractivity contribution in [2.24, 2.45) is 0 Å². The molecule has 1 N–H and O–H groups in total. The maximum atomic E-state index is 11.5. The van der Waals surface area contributed by atoms with Gasteiger partial charge in [0.25, 0.3) is 0 Å². The van der Waals surface area contributed by atoms with E-state index in [-0.39, 0.29) is 11.2 Å². The minimum absolute atomic E-state index is 0.0645. The van der Waals surface area contributed by atoms with Crippen molar-refractivity contribution in [3.8, 4) is 0 Å². The highest BCUT2D eigenvalue weighted by molar-refractivity contribution is 8.02. The van der Waals surface area contributed by atoms with Crippen LogP contribution in [0.15, 0.2) is 4.34 Å². The van der Waals surface area contributed by atoms with Crippen LogP contribution in [0, 0.1) is 6.92 Å². The molecule has 0 saturated carbocycles. The van der Waals surface area contributed by atoms with Gasteiger partial charge < -0.3 is 5.32 Å². The number of rotatable bonds is 5. The van der Waals surface area contributed by atoms with Crippen molar-refractivity contribution >= 4 is 29.0 Å². The van der Waals surface area contributed by atoms with E-state index < -0.39 is 0 Å². The lowest BCUT2D eigenvalue weighted by Crippen LogP contribution is -2.31. The molecule has 0 unspecified atom stereocenters. The van der Waals surface area contributed by atoms with E-state index >= 15 is 0 Å². The Morgan fingerprint density at radius 1 is 1.60 bits per heavy atom. The molecule has 4 nitrogen and oxygen atoms in total. The van der Waals surface area contributed by atoms with Gasteiger partial charge in [-0.3, -0.25) is 4.79 Å². The first-order valence-corrected chi connectivity index (χ1v) is 6.57. The van der Waals surface area contributed by atoms with Crippen molar-refractivity contribution in [2.75, 3.05) is 6.54 Å². The molecule has 0 aliphatic heterocycles. The highest BCUT2D eigenvalue weighted by atomic mass is 32.2. The third-order valence-electron chi connectivity index (χ3n) is 1.70. The van der Waals surface area contributed by atoms with Crippen molar-refractivity contribution in [3.05, 3.63) is 5.01 Å². The van der Waals surface area contributed by atoms with Crippen LogP contribution in [0.2, 0.25) is 0 Å². The molecule has 1 amide bonds. The number of aryl methyl sites for hydroxylation is 1. The lowest BCUT2D eigenvalue weighted by molar-refractivity contribution is -0.120. The summed E-state index contributed by atoms with van der Waals surface area (Å²) in [5.41, 5.74) is 0. The number of hydrogen-bond donors (Lipinski definition) is 1. The van der Waals surface area contributed by atoms with E-state index in [0.29, 0.717) is 0 Å². The van der Waals surface area contributed by atoms with Crippen molar-refractivity contribution in [2.45, 2.75) is 36.8 Å². The SMILES string of the molecule is CCCNC(=O)[C@@H](C)Sc1nnc(C)s1. The zero-order chi connectivity index (χ0) is 11.3. The topological polar surface area (TPSA) is 54.9 Å². The quantitative estimate of drug-likeness (QED) is 0.804. The van der Waals surface area contributed by atoms with E-state index in [9.17, 15) is 4.79 Å². The number of hydrogen-bond acceptors (Lipinski definition) is 5. The fraction of sp³-hybridized carbons (Fsp3) is 0.667. The second kappa shape index (κ2) is 6.07. The van der Waals surface area contributed by atoms with E-state index in [1.54, 1.807) is 0 Å². The number of carbonyl (C=O) groups is 1. The van der Waals surface area contributed by atoms with Crippen LogP contribution in [-0.4, -0.2) is 27.9 Å². The molecule has 0 fully saturated rings. The normalized spacial score (nSPS) is 12.5. The lowest BCUT2D eigenvalue weighted by atomic mass is 10.4. The minimum Gasteiger partial charge on any atom is -0.355 e. The van der Waals surface area contributed by atoms with Crippen LogP contribution < -0.4 is 5.32 Å². The summed E-state index contributed by atoms with van der Waals surface area (Å²) >= 11 is 2.97. The number of nitrogens with one attached hydrogen (secondary N) is 1. The van der Waals surface area contributed by atoms with Crippen LogP contribution in [0.4, 0.5) is 0 Å². The molecule has 1 heterocycles. The summed E-state index contributed by atoms with van der Waals surface area (Å²) in [6.45, 7) is 6.56. The third-order valence-corrected chi connectivity index (χ3v) is 3.73. The number of amides is 1. The fourth-order valence-electron chi connectivity index (χ4n) is 0.923. The highest BCUT2D eigenvalue weighted by Gasteiger charge is 2.15. The predicted molar refractivity (Wildman–Crippen MR) is 63.3 cm³/mol. The average molecular weight is 245 g/mol. The Balaban J connectivity index is 2.41. The molecule has 0 saturated heterocycles. The molecule has 0 spiro atoms. The molecule has 0 radical (unpaired) electrons. The Labute approximate surface area is 97.9 Å². The summed E-state index contributed by atoms with van der Waals surface area (Å²) in [4.78, 5) is 11.5. The van der Waals surface area contributed by atoms with E-state index in [1.165, 1.54) is 23.1 Å². The monoisotopic (exact) mass is 245 g/mol. The Morgan fingerprint density at radius 2 is 2.33 bits per heavy atom. The fourth-order valence-corrected chi connectivity index (χ4v) is 2.91. The van der Waals surface area contributed by atoms with Crippen molar-refractivity contribution < 1.29 is 4.79 Å². The lowest BCUT2D eigenvalue weighted by Gasteiger charge is -2.08. The van der Waals surface area contributed by atoms with Gasteiger partial charge in [0.2, 0.25) is 5.91 Å². The summed E-state index contributed by atoms with van der Waals surface area (Å²) in [6.07, 6.45) is 0.959. The minimum atomic E-state index is -0.108. The van der Waals surface area contributed by atoms with Crippen LogP contribution in [0.5, 0.6) is 0 Å². The van der Waals surface area contributed by atoms with Gasteiger partial charge in [-0.05, 0) is 20.3 Å². The van der Waals surface area contributed by atoms with Gasteiger partial charge in [-0.15, -0.1) is 10.2 Å². The molecule has 1 atom stereocenters. The van der Waals surface area contributed by atoms with Gasteiger partial charge in [0, 0.05) is 6.54 Å². The third kappa shape index (κ3) is 4.17. The largest absolute Gasteiger partial charge is 0.355 e. The van der Waals surface area contributed by atoms with Crippen LogP contribution >= 0.6 is 23.1 Å². The second-order valence-electron chi connectivity index (χ2n) is 3.14. The van der Waals surface area contributed by atoms with E-state index in [0.717, 1.165) is 22.3 Å². The summed E-state index contributed by atoms with van der Waals surface area (Å²) in [7, 11) is 0. The Kier molecular flexibility index (Phi) is 5.04. The maximum Gasteiger partial charge on any atom is 0.233 e. The molecule has 6 heteroatoms. The van der Waals surface area contributed by atoms with Gasteiger partial charge in [0.05, 0.1) is 5.25 Å². The molecular weight excluding hydrogens is 230 g/mol. The molecule has 0 aromatic carbocycles. The summed E-state index contributed by atoms with van der Waals surface area (Å²) < 4.78 is 0.853. The van der Waals surface area contributed by atoms with Gasteiger partial charge in [0.1, 0.15) is 5.01 Å². The van der Waals surface area contributed by atoms with Crippen molar-refractivity contribution in [3.63, 3.8) is 0 Å². The Morgan fingerprint density at radius 3 is 2.87 bits per heavy atom. The molecule has 0 aliphatic carbocycles. The van der Waals surface area contributed by atoms with Crippen LogP contribution in [0.3, 0.4) is 0 Å². The Hall–Kier alpha value is -0.620. The van der Waals surface area contributed by atoms with E-state index in [4.69, 9.17) is 0 Å². The zero-order valence-corrected chi connectivity index (χ0v) is 10.7. The zero-order valence-electron chi connectivity index (χ0n) is 9.11. The molecule has 1 rings (SSSR count). The predicted octanol–water partition coefficient (Wildman–Crippen LogP) is 1.85. The standard InChI is InChI=1S/C9H15N3OS2/c1-4-5-10-8(13)6(2)14-9-12-11-7(3)15-9/h6H,4-5H2,1-3H3,(H,10,13)/t6-/m1/s1. The van der Waals surface area contributed by atoms with E-state index in [1.807, 2.05) is 20.8 Å². The molecule has 1 aromatic rings. The van der Waals surface area contributed by atoms with Gasteiger partial charge in [-0.25, -0.2) is 0 Å². The smallest absolute Gasteiger partial charge is 0.233 e. The van der Waals surface area contributed by atoms with Crippen LogP contribution in [-0.2, 0) is 4.79 Å². The summed E-state index contributed by atoms with van der Waals surface area (Å²) in [5.74, 6) is 0.0645. The van der Waals surface area contributed by atoms with Gasteiger partial charge in [-0.1, -0.05) is 30.0 Å². The van der Waals surface area contributed by atoms with Crippen molar-refractivity contribution in [1.29, 1.82) is 0 Å². The maximum absolute atomic E-state index is 11.5. The average Bonchev–Trinajstić information content (AvgIpc) is 2.60. The number of carbonyl (C=O) groups excluding carboxylic acids is 1. The number of aromatic nitrogens is 2. The molecule has 1 aromatic heterocycles.